The number of hydrogen-bond donors (Lipinski definition) is 2. The van der Waals surface area contributed by atoms with E-state index in [1.807, 2.05) is 0 Å². The Bertz CT molecular complexity index is 643. The van der Waals surface area contributed by atoms with Crippen LogP contribution < -0.4 is 4.72 Å². The molecule has 0 aliphatic heterocycles. The van der Waals surface area contributed by atoms with Crippen LogP contribution in [0.25, 0.3) is 0 Å². The molecule has 1 aromatic carbocycles. The lowest BCUT2D eigenvalue weighted by Crippen LogP contribution is -2.18. The summed E-state index contributed by atoms with van der Waals surface area (Å²) < 4.78 is 30.7. The molecule has 0 radical (unpaired) electrons. The van der Waals surface area contributed by atoms with E-state index in [0.717, 1.165) is 0 Å². The van der Waals surface area contributed by atoms with Crippen LogP contribution in [0.1, 0.15) is 18.4 Å². The Balaban J connectivity index is 2.73. The van der Waals surface area contributed by atoms with Crippen molar-refractivity contribution in [1.82, 2.24) is 0 Å². The molecular formula is C14H17NO5S. The normalized spacial score (nSPS) is 10.4. The SMILES string of the molecule is COC(=O)CCCS(=O)(=O)Nc1ccccc1C#CCO. The maximum absolute atomic E-state index is 11.9. The van der Waals surface area contributed by atoms with Crippen molar-refractivity contribution in [3.63, 3.8) is 0 Å². The molecule has 0 aliphatic rings. The molecule has 0 aliphatic carbocycles. The van der Waals surface area contributed by atoms with Gasteiger partial charge in [0.2, 0.25) is 10.0 Å². The number of benzene rings is 1. The van der Waals surface area contributed by atoms with E-state index in [4.69, 9.17) is 5.11 Å². The highest BCUT2D eigenvalue weighted by Gasteiger charge is 2.13. The first-order valence-corrected chi connectivity index (χ1v) is 7.90. The molecule has 1 rings (SSSR count). The summed E-state index contributed by atoms with van der Waals surface area (Å²) in [6.07, 6.45) is 0.218. The summed E-state index contributed by atoms with van der Waals surface area (Å²) in [5.74, 6) is 4.50. The molecule has 0 atom stereocenters. The van der Waals surface area contributed by atoms with Gasteiger partial charge in [0.1, 0.15) is 6.61 Å². The van der Waals surface area contributed by atoms with Gasteiger partial charge in [0, 0.05) is 12.0 Å². The first-order valence-electron chi connectivity index (χ1n) is 6.24. The summed E-state index contributed by atoms with van der Waals surface area (Å²) in [5, 5.41) is 8.69. The zero-order valence-electron chi connectivity index (χ0n) is 11.6. The quantitative estimate of drug-likeness (QED) is 0.597. The molecule has 0 bridgehead atoms. The summed E-state index contributed by atoms with van der Waals surface area (Å²) in [4.78, 5) is 10.9. The third-order valence-corrected chi connectivity index (χ3v) is 3.87. The largest absolute Gasteiger partial charge is 0.469 e. The van der Waals surface area contributed by atoms with Gasteiger partial charge in [0.25, 0.3) is 0 Å². The highest BCUT2D eigenvalue weighted by atomic mass is 32.2. The van der Waals surface area contributed by atoms with Gasteiger partial charge in [-0.05, 0) is 18.6 Å². The Hall–Kier alpha value is -2.04. The van der Waals surface area contributed by atoms with Gasteiger partial charge >= 0.3 is 5.97 Å². The highest BCUT2D eigenvalue weighted by molar-refractivity contribution is 7.92. The van der Waals surface area contributed by atoms with Gasteiger partial charge in [-0.1, -0.05) is 24.0 Å². The number of aliphatic hydroxyl groups is 1. The number of ether oxygens (including phenoxy) is 1. The van der Waals surface area contributed by atoms with Crippen LogP contribution >= 0.6 is 0 Å². The van der Waals surface area contributed by atoms with Gasteiger partial charge in [0.15, 0.2) is 0 Å². The molecule has 114 valence electrons. The molecule has 0 unspecified atom stereocenters. The molecule has 7 heteroatoms. The summed E-state index contributed by atoms with van der Waals surface area (Å²) in [6.45, 7) is -0.305. The summed E-state index contributed by atoms with van der Waals surface area (Å²) in [5.41, 5.74) is 0.819. The van der Waals surface area contributed by atoms with E-state index >= 15 is 0 Å². The number of carbonyl (C=O) groups excluding carboxylic acids is 1. The van der Waals surface area contributed by atoms with Crippen LogP contribution in [0.4, 0.5) is 5.69 Å². The van der Waals surface area contributed by atoms with Gasteiger partial charge in [-0.2, -0.15) is 0 Å². The van der Waals surface area contributed by atoms with Gasteiger partial charge in [-0.3, -0.25) is 9.52 Å². The number of nitrogens with one attached hydrogen (secondary N) is 1. The number of rotatable bonds is 6. The number of carbonyl (C=O) groups is 1. The average molecular weight is 311 g/mol. The van der Waals surface area contributed by atoms with Gasteiger partial charge in [-0.25, -0.2) is 8.42 Å². The van der Waals surface area contributed by atoms with Crippen LogP contribution in [0.5, 0.6) is 0 Å². The topological polar surface area (TPSA) is 92.7 Å². The standard InChI is InChI=1S/C14H17NO5S/c1-20-14(17)9-5-11-21(18,19)15-13-8-3-2-6-12(13)7-4-10-16/h2-3,6,8,15-16H,5,9-11H2,1H3. The molecule has 0 fully saturated rings. The molecule has 2 N–H and O–H groups in total. The Morgan fingerprint density at radius 1 is 1.38 bits per heavy atom. The van der Waals surface area contributed by atoms with Crippen molar-refractivity contribution in [3.8, 4) is 11.8 Å². The zero-order chi connectivity index (χ0) is 15.7. The number of methoxy groups -OCH3 is 1. The fourth-order valence-corrected chi connectivity index (χ4v) is 2.68. The lowest BCUT2D eigenvalue weighted by atomic mass is 10.2. The smallest absolute Gasteiger partial charge is 0.305 e. The van der Waals surface area contributed by atoms with E-state index in [2.05, 4.69) is 21.3 Å². The average Bonchev–Trinajstić information content (AvgIpc) is 2.45. The van der Waals surface area contributed by atoms with E-state index in [9.17, 15) is 13.2 Å². The first-order chi connectivity index (χ1) is 9.98. The minimum atomic E-state index is -3.57. The van der Waals surface area contributed by atoms with Crippen molar-refractivity contribution in [2.24, 2.45) is 0 Å². The molecule has 0 saturated heterocycles. The second kappa shape index (κ2) is 8.29. The van der Waals surface area contributed by atoms with Crippen LogP contribution in [0.3, 0.4) is 0 Å². The minimum Gasteiger partial charge on any atom is -0.469 e. The predicted octanol–water partition coefficient (Wildman–Crippen LogP) is 0.725. The third-order valence-electron chi connectivity index (χ3n) is 2.52. The number of para-hydroxylation sites is 1. The molecule has 0 amide bonds. The number of hydrogen-bond acceptors (Lipinski definition) is 5. The predicted molar refractivity (Wildman–Crippen MR) is 79.1 cm³/mol. The van der Waals surface area contributed by atoms with E-state index < -0.39 is 16.0 Å². The molecule has 0 heterocycles. The maximum Gasteiger partial charge on any atom is 0.305 e. The van der Waals surface area contributed by atoms with Crippen molar-refractivity contribution in [2.45, 2.75) is 12.8 Å². The number of anilines is 1. The lowest BCUT2D eigenvalue weighted by molar-refractivity contribution is -0.140. The Morgan fingerprint density at radius 2 is 2.10 bits per heavy atom. The van der Waals surface area contributed by atoms with E-state index in [1.54, 1.807) is 24.3 Å². The third kappa shape index (κ3) is 6.29. The second-order valence-corrected chi connectivity index (χ2v) is 5.95. The lowest BCUT2D eigenvalue weighted by Gasteiger charge is -2.09. The zero-order valence-corrected chi connectivity index (χ0v) is 12.4. The van der Waals surface area contributed by atoms with Gasteiger partial charge < -0.3 is 9.84 Å². The fourth-order valence-electron chi connectivity index (χ4n) is 1.54. The number of aliphatic hydroxyl groups excluding tert-OH is 1. The van der Waals surface area contributed by atoms with E-state index in [1.165, 1.54) is 7.11 Å². The van der Waals surface area contributed by atoms with Gasteiger partial charge in [0.05, 0.1) is 18.6 Å². The van der Waals surface area contributed by atoms with Crippen molar-refractivity contribution < 1.29 is 23.1 Å². The first kappa shape index (κ1) is 17.0. The van der Waals surface area contributed by atoms with Crippen molar-refractivity contribution in [2.75, 3.05) is 24.2 Å². The molecule has 6 nitrogen and oxygen atoms in total. The van der Waals surface area contributed by atoms with E-state index in [-0.39, 0.29) is 25.2 Å². The second-order valence-electron chi connectivity index (χ2n) is 4.11. The Kier molecular flexibility index (Phi) is 6.72. The molecule has 1 aromatic rings. The van der Waals surface area contributed by atoms with Gasteiger partial charge in [-0.15, -0.1) is 0 Å². The Morgan fingerprint density at radius 3 is 2.76 bits per heavy atom. The molecule has 0 saturated carbocycles. The summed E-state index contributed by atoms with van der Waals surface area (Å²) in [6, 6.07) is 6.63. The molecule has 0 aromatic heterocycles. The summed E-state index contributed by atoms with van der Waals surface area (Å²) in [7, 11) is -2.32. The van der Waals surface area contributed by atoms with E-state index in [0.29, 0.717) is 11.3 Å². The fraction of sp³-hybridized carbons (Fsp3) is 0.357. The maximum atomic E-state index is 11.9. The summed E-state index contributed by atoms with van der Waals surface area (Å²) >= 11 is 0. The van der Waals surface area contributed by atoms with Crippen molar-refractivity contribution in [1.29, 1.82) is 0 Å². The van der Waals surface area contributed by atoms with Crippen LogP contribution in [-0.2, 0) is 19.6 Å². The Labute approximate surface area is 124 Å². The monoisotopic (exact) mass is 311 g/mol. The van der Waals surface area contributed by atoms with Crippen LogP contribution in [0, 0.1) is 11.8 Å². The molecule has 21 heavy (non-hydrogen) atoms. The highest BCUT2D eigenvalue weighted by Crippen LogP contribution is 2.16. The molecule has 0 spiro atoms. The minimum absolute atomic E-state index is 0.0450. The van der Waals surface area contributed by atoms with Crippen LogP contribution in [0.2, 0.25) is 0 Å². The molecular weight excluding hydrogens is 294 g/mol. The number of sulfonamides is 1. The van der Waals surface area contributed by atoms with Crippen molar-refractivity contribution >= 4 is 21.7 Å². The van der Waals surface area contributed by atoms with Crippen molar-refractivity contribution in [3.05, 3.63) is 29.8 Å². The van der Waals surface area contributed by atoms with Crippen LogP contribution in [0.15, 0.2) is 24.3 Å². The van der Waals surface area contributed by atoms with Crippen LogP contribution in [-0.4, -0.2) is 39.0 Å². The number of esters is 1.